The third-order valence-corrected chi connectivity index (χ3v) is 6.90. The van der Waals surface area contributed by atoms with Gasteiger partial charge in [0.1, 0.15) is 0 Å². The highest BCUT2D eigenvalue weighted by atomic mass is 16.2. The molecule has 2 aromatic carbocycles. The fourth-order valence-electron chi connectivity index (χ4n) is 5.20. The van der Waals surface area contributed by atoms with Crippen LogP contribution in [-0.2, 0) is 51.3 Å². The van der Waals surface area contributed by atoms with Gasteiger partial charge in [-0.1, -0.05) is 52.0 Å². The Kier molecular flexibility index (Phi) is 7.01. The van der Waals surface area contributed by atoms with Crippen molar-refractivity contribution in [3.05, 3.63) is 69.8 Å². The number of hydrogen-bond acceptors (Lipinski definition) is 4. The third kappa shape index (κ3) is 4.45. The molecule has 4 amide bonds. The van der Waals surface area contributed by atoms with Crippen molar-refractivity contribution in [3.63, 3.8) is 0 Å². The average Bonchev–Trinajstić information content (AvgIpc) is 3.37. The van der Waals surface area contributed by atoms with Crippen LogP contribution in [0.4, 0.5) is 11.4 Å². The van der Waals surface area contributed by atoms with Crippen LogP contribution < -0.4 is 9.80 Å². The molecule has 2 heterocycles. The number of nitrogens with zero attached hydrogens (tertiary/aromatic N) is 2. The van der Waals surface area contributed by atoms with E-state index in [1.54, 1.807) is 0 Å². The van der Waals surface area contributed by atoms with Crippen LogP contribution in [0.3, 0.4) is 0 Å². The lowest BCUT2D eigenvalue weighted by atomic mass is 9.92. The summed E-state index contributed by atoms with van der Waals surface area (Å²) >= 11 is 0. The van der Waals surface area contributed by atoms with Crippen LogP contribution in [0.25, 0.3) is 0 Å². The number of anilines is 2. The summed E-state index contributed by atoms with van der Waals surface area (Å²) in [6.07, 6.45) is 6.72. The Morgan fingerprint density at radius 2 is 0.914 bits per heavy atom. The zero-order valence-corrected chi connectivity index (χ0v) is 20.9. The Labute approximate surface area is 206 Å². The minimum Gasteiger partial charge on any atom is -0.274 e. The summed E-state index contributed by atoms with van der Waals surface area (Å²) < 4.78 is 0. The minimum absolute atomic E-state index is 0.122. The Bertz CT molecular complexity index is 1110. The molecule has 182 valence electrons. The first-order valence-corrected chi connectivity index (χ1v) is 12.5. The molecule has 0 radical (unpaired) electrons. The lowest BCUT2D eigenvalue weighted by Crippen LogP contribution is -2.31. The number of carbonyl (C=O) groups is 4. The molecular formula is C29H32N2O4. The van der Waals surface area contributed by atoms with Crippen LogP contribution in [0, 0.1) is 0 Å². The van der Waals surface area contributed by atoms with E-state index in [4.69, 9.17) is 0 Å². The number of amides is 4. The highest BCUT2D eigenvalue weighted by molar-refractivity contribution is 6.28. The van der Waals surface area contributed by atoms with Gasteiger partial charge in [-0.25, -0.2) is 9.80 Å². The van der Waals surface area contributed by atoms with Gasteiger partial charge >= 0.3 is 0 Å². The third-order valence-electron chi connectivity index (χ3n) is 6.90. The van der Waals surface area contributed by atoms with Crippen LogP contribution in [-0.4, -0.2) is 23.6 Å². The van der Waals surface area contributed by atoms with Gasteiger partial charge < -0.3 is 0 Å². The molecule has 0 unspecified atom stereocenters. The summed E-state index contributed by atoms with van der Waals surface area (Å²) in [4.78, 5) is 52.4. The highest BCUT2D eigenvalue weighted by Gasteiger charge is 2.33. The van der Waals surface area contributed by atoms with E-state index in [9.17, 15) is 19.2 Å². The van der Waals surface area contributed by atoms with Crippen molar-refractivity contribution in [2.45, 2.75) is 72.6 Å². The molecule has 6 heteroatoms. The second kappa shape index (κ2) is 9.98. The standard InChI is InChI=1S/C29H32N2O4/c1-5-20-14-18(15-21(6-2)28(20)30-24(32)9-10-25(30)33)13-19-16-22(7-3)29(23(8-4)17-19)31-26(34)11-12-27(31)35/h9-10,14-17H,5-8,11-13H2,1-4H3. The number of rotatable bonds is 8. The van der Waals surface area contributed by atoms with Crippen molar-refractivity contribution in [3.8, 4) is 0 Å². The van der Waals surface area contributed by atoms with Crippen LogP contribution in [0.1, 0.15) is 73.9 Å². The summed E-state index contributed by atoms with van der Waals surface area (Å²) in [6, 6.07) is 8.39. The molecule has 1 saturated heterocycles. The van der Waals surface area contributed by atoms with Gasteiger partial charge in [-0.15, -0.1) is 0 Å². The molecule has 2 aliphatic rings. The number of carbonyl (C=O) groups excluding carboxylic acids is 4. The predicted molar refractivity (Wildman–Crippen MR) is 137 cm³/mol. The molecule has 1 fully saturated rings. The largest absolute Gasteiger partial charge is 0.274 e. The van der Waals surface area contributed by atoms with E-state index >= 15 is 0 Å². The topological polar surface area (TPSA) is 74.8 Å². The van der Waals surface area contributed by atoms with Gasteiger partial charge in [0, 0.05) is 25.0 Å². The summed E-state index contributed by atoms with van der Waals surface area (Å²) in [7, 11) is 0. The summed E-state index contributed by atoms with van der Waals surface area (Å²) in [6.45, 7) is 8.15. The molecule has 4 rings (SSSR count). The highest BCUT2D eigenvalue weighted by Crippen LogP contribution is 2.35. The number of benzene rings is 2. The van der Waals surface area contributed by atoms with E-state index in [-0.39, 0.29) is 36.5 Å². The molecule has 35 heavy (non-hydrogen) atoms. The van der Waals surface area contributed by atoms with Crippen molar-refractivity contribution in [1.29, 1.82) is 0 Å². The second-order valence-corrected chi connectivity index (χ2v) is 9.08. The van der Waals surface area contributed by atoms with Gasteiger partial charge in [0.2, 0.25) is 11.8 Å². The molecule has 0 saturated carbocycles. The molecule has 0 N–H and O–H groups in total. The Morgan fingerprint density at radius 1 is 0.571 bits per heavy atom. The quantitative estimate of drug-likeness (QED) is 0.526. The van der Waals surface area contributed by atoms with Crippen molar-refractivity contribution < 1.29 is 19.2 Å². The lowest BCUT2D eigenvalue weighted by Gasteiger charge is -2.24. The molecule has 0 spiro atoms. The van der Waals surface area contributed by atoms with Crippen LogP contribution >= 0.6 is 0 Å². The van der Waals surface area contributed by atoms with Gasteiger partial charge in [-0.2, -0.15) is 0 Å². The summed E-state index contributed by atoms with van der Waals surface area (Å²) in [5, 5.41) is 0. The molecule has 2 aromatic rings. The van der Waals surface area contributed by atoms with Crippen molar-refractivity contribution in [1.82, 2.24) is 0 Å². The van der Waals surface area contributed by atoms with E-state index < -0.39 is 0 Å². The molecule has 0 aliphatic carbocycles. The maximum absolute atomic E-state index is 12.5. The monoisotopic (exact) mass is 472 g/mol. The smallest absolute Gasteiger partial charge is 0.258 e. The SMILES string of the molecule is CCc1cc(Cc2cc(CC)c(N3C(=O)CCC3=O)c(CC)c2)cc(CC)c1N1C(=O)C=CC1=O. The van der Waals surface area contributed by atoms with Crippen LogP contribution in [0.2, 0.25) is 0 Å². The van der Waals surface area contributed by atoms with Crippen LogP contribution in [0.5, 0.6) is 0 Å². The molecule has 0 aromatic heterocycles. The van der Waals surface area contributed by atoms with E-state index in [1.165, 1.54) is 22.0 Å². The summed E-state index contributed by atoms with van der Waals surface area (Å²) in [5.41, 5.74) is 7.66. The molecule has 0 atom stereocenters. The average molecular weight is 473 g/mol. The van der Waals surface area contributed by atoms with E-state index in [1.807, 2.05) is 27.7 Å². The van der Waals surface area contributed by atoms with Crippen molar-refractivity contribution in [2.24, 2.45) is 0 Å². The van der Waals surface area contributed by atoms with E-state index in [0.717, 1.165) is 51.9 Å². The minimum atomic E-state index is -0.297. The second-order valence-electron chi connectivity index (χ2n) is 9.08. The maximum Gasteiger partial charge on any atom is 0.258 e. The number of imide groups is 2. The molecular weight excluding hydrogens is 440 g/mol. The molecule has 2 aliphatic heterocycles. The Balaban J connectivity index is 1.75. The normalized spacial score (nSPS) is 15.8. The van der Waals surface area contributed by atoms with Crippen molar-refractivity contribution in [2.75, 3.05) is 9.80 Å². The van der Waals surface area contributed by atoms with Gasteiger partial charge in [0.05, 0.1) is 11.4 Å². The fourth-order valence-corrected chi connectivity index (χ4v) is 5.20. The number of aryl methyl sites for hydroxylation is 4. The van der Waals surface area contributed by atoms with Gasteiger partial charge in [-0.3, -0.25) is 19.2 Å². The zero-order valence-electron chi connectivity index (χ0n) is 20.9. The van der Waals surface area contributed by atoms with Gasteiger partial charge in [-0.05, 0) is 65.5 Å². The van der Waals surface area contributed by atoms with Crippen molar-refractivity contribution >= 4 is 35.0 Å². The van der Waals surface area contributed by atoms with Gasteiger partial charge in [0.25, 0.3) is 11.8 Å². The van der Waals surface area contributed by atoms with Crippen LogP contribution in [0.15, 0.2) is 36.4 Å². The van der Waals surface area contributed by atoms with Gasteiger partial charge in [0.15, 0.2) is 0 Å². The molecule has 0 bridgehead atoms. The zero-order chi connectivity index (χ0) is 25.3. The number of hydrogen-bond donors (Lipinski definition) is 0. The lowest BCUT2D eigenvalue weighted by molar-refractivity contribution is -0.122. The molecule has 6 nitrogen and oxygen atoms in total. The van der Waals surface area contributed by atoms with E-state index in [0.29, 0.717) is 24.9 Å². The maximum atomic E-state index is 12.5. The summed E-state index contributed by atoms with van der Waals surface area (Å²) in [5.74, 6) is -0.838. The fraction of sp³-hybridized carbons (Fsp3) is 0.379. The first-order valence-electron chi connectivity index (χ1n) is 12.5. The Morgan fingerprint density at radius 3 is 1.26 bits per heavy atom. The first-order chi connectivity index (χ1) is 16.8. The Hall–Kier alpha value is -3.54. The van der Waals surface area contributed by atoms with E-state index in [2.05, 4.69) is 24.3 Å². The predicted octanol–water partition coefficient (Wildman–Crippen LogP) is 4.61. The first kappa shape index (κ1) is 24.6.